The quantitative estimate of drug-likeness (QED) is 0.413. The Bertz CT molecular complexity index is 897. The van der Waals surface area contributed by atoms with Crippen LogP contribution in [0.5, 0.6) is 0 Å². The first-order valence-electron chi connectivity index (χ1n) is 9.67. The van der Waals surface area contributed by atoms with Crippen molar-refractivity contribution in [3.8, 4) is 0 Å². The predicted octanol–water partition coefficient (Wildman–Crippen LogP) is 7.54. The topological polar surface area (TPSA) is 3.24 Å². The fraction of sp³-hybridized carbons (Fsp3) is 0.185. The van der Waals surface area contributed by atoms with Gasteiger partial charge in [-0.2, -0.15) is 0 Å². The van der Waals surface area contributed by atoms with Gasteiger partial charge in [0, 0.05) is 18.1 Å². The Hall–Kier alpha value is -3.06. The Balaban J connectivity index is 2.27. The average Bonchev–Trinajstić information content (AvgIpc) is 2.70. The van der Waals surface area contributed by atoms with Gasteiger partial charge in [0.1, 0.15) is 0 Å². The molecule has 0 aromatic heterocycles. The zero-order chi connectivity index (χ0) is 20.5. The molecular formula is C27H31N. The maximum atomic E-state index is 4.15. The molecule has 0 aliphatic heterocycles. The van der Waals surface area contributed by atoms with Gasteiger partial charge in [0.25, 0.3) is 0 Å². The van der Waals surface area contributed by atoms with Gasteiger partial charge in [-0.05, 0) is 55.9 Å². The minimum Gasteiger partial charge on any atom is -0.328 e. The van der Waals surface area contributed by atoms with E-state index in [9.17, 15) is 0 Å². The van der Waals surface area contributed by atoms with Crippen molar-refractivity contribution in [2.45, 2.75) is 33.6 Å². The number of hydrogen-bond acceptors (Lipinski definition) is 1. The van der Waals surface area contributed by atoms with Gasteiger partial charge in [0.15, 0.2) is 0 Å². The SMILES string of the molecule is C=C/C(=C\N(/C=C(\C)CCc1ccccc1)C(=C)C)c1ccc(C)cc1C=C. The number of nitrogens with zero attached hydrogens (tertiary/aromatic N) is 1. The molecule has 2 aromatic rings. The fourth-order valence-corrected chi connectivity index (χ4v) is 3.04. The van der Waals surface area contributed by atoms with E-state index in [0.717, 1.165) is 35.2 Å². The van der Waals surface area contributed by atoms with Crippen LogP contribution >= 0.6 is 0 Å². The molecule has 0 spiro atoms. The number of hydrogen-bond donors (Lipinski definition) is 0. The highest BCUT2D eigenvalue weighted by molar-refractivity contribution is 5.79. The maximum Gasteiger partial charge on any atom is 0.0163 e. The Morgan fingerprint density at radius 3 is 2.32 bits per heavy atom. The standard InChI is InChI=1S/C27H31N/c1-7-25-18-22(5)15-17-27(25)26(8-2)20-28(21(3)4)19-23(6)14-16-24-12-10-9-11-13-24/h7-13,15,17-20H,1-3,14,16H2,4-6H3/b23-19+,26-20+. The van der Waals surface area contributed by atoms with Crippen molar-refractivity contribution in [2.75, 3.05) is 0 Å². The summed E-state index contributed by atoms with van der Waals surface area (Å²) in [4.78, 5) is 2.09. The number of rotatable bonds is 9. The van der Waals surface area contributed by atoms with E-state index in [-0.39, 0.29) is 0 Å². The predicted molar refractivity (Wildman–Crippen MR) is 125 cm³/mol. The first kappa shape index (κ1) is 21.2. The molecule has 1 nitrogen and oxygen atoms in total. The molecule has 0 fully saturated rings. The minimum atomic E-state index is 0.964. The van der Waals surface area contributed by atoms with Crippen molar-refractivity contribution in [3.63, 3.8) is 0 Å². The molecule has 0 bridgehead atoms. The van der Waals surface area contributed by atoms with E-state index >= 15 is 0 Å². The summed E-state index contributed by atoms with van der Waals surface area (Å²) < 4.78 is 0. The van der Waals surface area contributed by atoms with Gasteiger partial charge in [0.05, 0.1) is 0 Å². The maximum absolute atomic E-state index is 4.15. The van der Waals surface area contributed by atoms with Crippen molar-refractivity contribution in [3.05, 3.63) is 120 Å². The second-order valence-electron chi connectivity index (χ2n) is 7.19. The molecule has 0 saturated heterocycles. The summed E-state index contributed by atoms with van der Waals surface area (Å²) in [7, 11) is 0. The lowest BCUT2D eigenvalue weighted by atomic mass is 9.98. The van der Waals surface area contributed by atoms with E-state index in [1.165, 1.54) is 16.7 Å². The summed E-state index contributed by atoms with van der Waals surface area (Å²) in [6.45, 7) is 18.4. The molecule has 1 heteroatoms. The summed E-state index contributed by atoms with van der Waals surface area (Å²) in [6.07, 6.45) is 10.1. The Labute approximate surface area is 170 Å². The Morgan fingerprint density at radius 2 is 1.71 bits per heavy atom. The molecule has 0 atom stereocenters. The van der Waals surface area contributed by atoms with Gasteiger partial charge in [-0.3, -0.25) is 0 Å². The zero-order valence-corrected chi connectivity index (χ0v) is 17.4. The third-order valence-electron chi connectivity index (χ3n) is 4.69. The van der Waals surface area contributed by atoms with Crippen molar-refractivity contribution in [1.29, 1.82) is 0 Å². The van der Waals surface area contributed by atoms with Crippen LogP contribution in [0.15, 0.2) is 98.0 Å². The van der Waals surface area contributed by atoms with Crippen LogP contribution in [0.25, 0.3) is 11.6 Å². The molecule has 0 aliphatic rings. The van der Waals surface area contributed by atoms with Crippen molar-refractivity contribution >= 4 is 11.6 Å². The summed E-state index contributed by atoms with van der Waals surface area (Å²) in [5, 5.41) is 0. The van der Waals surface area contributed by atoms with Gasteiger partial charge in [0.2, 0.25) is 0 Å². The molecule has 0 saturated carbocycles. The summed E-state index contributed by atoms with van der Waals surface area (Å²) in [5.41, 5.74) is 8.12. The van der Waals surface area contributed by atoms with E-state index < -0.39 is 0 Å². The molecule has 2 aromatic carbocycles. The molecule has 28 heavy (non-hydrogen) atoms. The molecule has 0 aliphatic carbocycles. The summed E-state index contributed by atoms with van der Waals surface area (Å²) >= 11 is 0. The lowest BCUT2D eigenvalue weighted by Gasteiger charge is -2.19. The molecule has 0 radical (unpaired) electrons. The lowest BCUT2D eigenvalue weighted by Crippen LogP contribution is -2.08. The minimum absolute atomic E-state index is 0.964. The molecule has 0 unspecified atom stereocenters. The van der Waals surface area contributed by atoms with E-state index in [4.69, 9.17) is 0 Å². The van der Waals surface area contributed by atoms with Crippen LogP contribution in [0, 0.1) is 6.92 Å². The molecule has 0 heterocycles. The Kier molecular flexibility index (Phi) is 7.83. The van der Waals surface area contributed by atoms with E-state index in [1.807, 2.05) is 19.1 Å². The third-order valence-corrected chi connectivity index (χ3v) is 4.69. The number of allylic oxidation sites excluding steroid dienone is 4. The highest BCUT2D eigenvalue weighted by Crippen LogP contribution is 2.24. The lowest BCUT2D eigenvalue weighted by molar-refractivity contribution is 0.624. The van der Waals surface area contributed by atoms with Crippen LogP contribution in [0.3, 0.4) is 0 Å². The van der Waals surface area contributed by atoms with E-state index in [2.05, 4.69) is 99.4 Å². The number of aryl methyl sites for hydroxylation is 2. The van der Waals surface area contributed by atoms with Crippen molar-refractivity contribution in [1.82, 2.24) is 4.90 Å². The molecule has 0 N–H and O–H groups in total. The Morgan fingerprint density at radius 1 is 1.00 bits per heavy atom. The highest BCUT2D eigenvalue weighted by atomic mass is 15.1. The molecule has 0 amide bonds. The van der Waals surface area contributed by atoms with Crippen LogP contribution in [-0.4, -0.2) is 4.90 Å². The van der Waals surface area contributed by atoms with Crippen LogP contribution in [0.2, 0.25) is 0 Å². The van der Waals surface area contributed by atoms with E-state index in [0.29, 0.717) is 0 Å². The van der Waals surface area contributed by atoms with Gasteiger partial charge in [-0.1, -0.05) is 91.6 Å². The second-order valence-corrected chi connectivity index (χ2v) is 7.19. The summed E-state index contributed by atoms with van der Waals surface area (Å²) in [5.74, 6) is 0. The second kappa shape index (κ2) is 10.3. The van der Waals surface area contributed by atoms with Crippen molar-refractivity contribution in [2.24, 2.45) is 0 Å². The van der Waals surface area contributed by atoms with E-state index in [1.54, 1.807) is 0 Å². The zero-order valence-electron chi connectivity index (χ0n) is 17.4. The largest absolute Gasteiger partial charge is 0.328 e. The van der Waals surface area contributed by atoms with Crippen LogP contribution in [0.4, 0.5) is 0 Å². The van der Waals surface area contributed by atoms with Gasteiger partial charge < -0.3 is 4.90 Å². The first-order valence-corrected chi connectivity index (χ1v) is 9.67. The van der Waals surface area contributed by atoms with Crippen LogP contribution < -0.4 is 0 Å². The van der Waals surface area contributed by atoms with Crippen LogP contribution in [0.1, 0.15) is 42.5 Å². The first-order chi connectivity index (χ1) is 13.4. The molecule has 2 rings (SSSR count). The van der Waals surface area contributed by atoms with Crippen molar-refractivity contribution < 1.29 is 0 Å². The smallest absolute Gasteiger partial charge is 0.0163 e. The van der Waals surface area contributed by atoms with Gasteiger partial charge in [-0.15, -0.1) is 0 Å². The summed E-state index contributed by atoms with van der Waals surface area (Å²) in [6, 6.07) is 17.0. The number of benzene rings is 2. The fourth-order valence-electron chi connectivity index (χ4n) is 3.04. The van der Waals surface area contributed by atoms with Crippen LogP contribution in [-0.2, 0) is 6.42 Å². The monoisotopic (exact) mass is 369 g/mol. The van der Waals surface area contributed by atoms with Gasteiger partial charge in [-0.25, -0.2) is 0 Å². The van der Waals surface area contributed by atoms with Gasteiger partial charge >= 0.3 is 0 Å². The molecule has 144 valence electrons. The normalized spacial score (nSPS) is 11.8. The molecular weight excluding hydrogens is 338 g/mol. The third kappa shape index (κ3) is 5.99. The average molecular weight is 370 g/mol. The highest BCUT2D eigenvalue weighted by Gasteiger charge is 2.07.